The third kappa shape index (κ3) is 1.89. The third-order valence-corrected chi connectivity index (χ3v) is 5.28. The Kier molecular flexibility index (Phi) is 2.94. The molecule has 0 atom stereocenters. The molecule has 0 aromatic rings. The summed E-state index contributed by atoms with van der Waals surface area (Å²) in [5, 5.41) is 1.97. The van der Waals surface area contributed by atoms with E-state index in [0.29, 0.717) is 6.54 Å². The number of nitrogens with zero attached hydrogens (tertiary/aromatic N) is 1. The predicted molar refractivity (Wildman–Crippen MR) is 65.3 cm³/mol. The zero-order valence-corrected chi connectivity index (χ0v) is 10.1. The van der Waals surface area contributed by atoms with Gasteiger partial charge in [-0.15, -0.1) is 0 Å². The van der Waals surface area contributed by atoms with Crippen molar-refractivity contribution in [3.8, 4) is 0 Å². The van der Waals surface area contributed by atoms with E-state index >= 15 is 0 Å². The van der Waals surface area contributed by atoms with Crippen molar-refractivity contribution in [1.29, 1.82) is 0 Å². The van der Waals surface area contributed by atoms with Crippen molar-refractivity contribution in [3.63, 3.8) is 0 Å². The molecule has 4 saturated carbocycles. The number of rotatable bonds is 4. The van der Waals surface area contributed by atoms with Crippen LogP contribution in [0.4, 0.5) is 0 Å². The van der Waals surface area contributed by atoms with E-state index in [1.807, 2.05) is 5.01 Å². The molecular formula is C13H25N3. The average molecular weight is 223 g/mol. The second kappa shape index (κ2) is 4.28. The normalized spacial score (nSPS) is 45.6. The van der Waals surface area contributed by atoms with Gasteiger partial charge in [0.05, 0.1) is 0 Å². The maximum absolute atomic E-state index is 6.02. The molecular weight excluding hydrogens is 198 g/mol. The summed E-state index contributed by atoms with van der Waals surface area (Å²) in [5.74, 6) is 11.0. The van der Waals surface area contributed by atoms with Gasteiger partial charge in [0.25, 0.3) is 0 Å². The van der Waals surface area contributed by atoms with Gasteiger partial charge in [0, 0.05) is 19.6 Å². The smallest absolute Gasteiger partial charge is 0.0251 e. The molecule has 0 aliphatic heterocycles. The Bertz CT molecular complexity index is 226. The fourth-order valence-corrected chi connectivity index (χ4v) is 4.86. The number of hydrogen-bond donors (Lipinski definition) is 2. The molecule has 4 N–H and O–H groups in total. The van der Waals surface area contributed by atoms with E-state index in [4.69, 9.17) is 11.6 Å². The highest BCUT2D eigenvalue weighted by Gasteiger charge is 2.48. The summed E-state index contributed by atoms with van der Waals surface area (Å²) in [6, 6.07) is 0. The molecule has 3 heteroatoms. The molecule has 3 nitrogen and oxygen atoms in total. The van der Waals surface area contributed by atoms with Crippen LogP contribution in [-0.4, -0.2) is 24.6 Å². The fourth-order valence-electron chi connectivity index (χ4n) is 4.86. The fraction of sp³-hybridized carbons (Fsp3) is 1.00. The van der Waals surface area contributed by atoms with Crippen LogP contribution >= 0.6 is 0 Å². The van der Waals surface area contributed by atoms with E-state index in [2.05, 4.69) is 0 Å². The molecule has 4 aliphatic carbocycles. The molecule has 0 amide bonds. The lowest BCUT2D eigenvalue weighted by Gasteiger charge is -2.55. The highest BCUT2D eigenvalue weighted by molar-refractivity contribution is 4.98. The quantitative estimate of drug-likeness (QED) is 0.556. The minimum atomic E-state index is 0.684. The Morgan fingerprint density at radius 3 is 2.00 bits per heavy atom. The van der Waals surface area contributed by atoms with Crippen molar-refractivity contribution >= 4 is 0 Å². The van der Waals surface area contributed by atoms with Crippen molar-refractivity contribution in [2.45, 2.75) is 32.1 Å². The Morgan fingerprint density at radius 2 is 1.50 bits per heavy atom. The zero-order chi connectivity index (χ0) is 11.1. The van der Waals surface area contributed by atoms with Crippen LogP contribution in [0.3, 0.4) is 0 Å². The van der Waals surface area contributed by atoms with Crippen molar-refractivity contribution < 1.29 is 0 Å². The first-order valence-corrected chi connectivity index (χ1v) is 6.96. The van der Waals surface area contributed by atoms with E-state index in [9.17, 15) is 0 Å². The molecule has 4 fully saturated rings. The average Bonchev–Trinajstić information content (AvgIpc) is 2.23. The van der Waals surface area contributed by atoms with Crippen LogP contribution in [-0.2, 0) is 0 Å². The standard InChI is InChI=1S/C13H25N3/c14-1-2-16(15)8-13-11-4-9-3-10(6-11)7-12(13)5-9/h9-13H,1-8,14-15H2. The third-order valence-electron chi connectivity index (χ3n) is 5.28. The maximum atomic E-state index is 6.02. The largest absolute Gasteiger partial charge is 0.329 e. The van der Waals surface area contributed by atoms with Crippen LogP contribution in [0.5, 0.6) is 0 Å². The summed E-state index contributed by atoms with van der Waals surface area (Å²) >= 11 is 0. The monoisotopic (exact) mass is 223 g/mol. The van der Waals surface area contributed by atoms with E-state index in [0.717, 1.165) is 42.7 Å². The van der Waals surface area contributed by atoms with Crippen LogP contribution in [0.1, 0.15) is 32.1 Å². The number of hydrazine groups is 1. The lowest BCUT2D eigenvalue weighted by molar-refractivity contribution is -0.0489. The van der Waals surface area contributed by atoms with Gasteiger partial charge in [-0.05, 0) is 61.7 Å². The Hall–Kier alpha value is -0.120. The van der Waals surface area contributed by atoms with Crippen molar-refractivity contribution in [1.82, 2.24) is 5.01 Å². The summed E-state index contributed by atoms with van der Waals surface area (Å²) in [5.41, 5.74) is 5.56. The molecule has 4 aliphatic rings. The first-order chi connectivity index (χ1) is 7.76. The Balaban J connectivity index is 1.63. The molecule has 4 bridgehead atoms. The van der Waals surface area contributed by atoms with E-state index in [1.165, 1.54) is 32.1 Å². The molecule has 0 heterocycles. The minimum Gasteiger partial charge on any atom is -0.329 e. The molecule has 0 aromatic heterocycles. The van der Waals surface area contributed by atoms with Gasteiger partial charge >= 0.3 is 0 Å². The summed E-state index contributed by atoms with van der Waals surface area (Å²) in [4.78, 5) is 0. The molecule has 0 spiro atoms. The van der Waals surface area contributed by atoms with Gasteiger partial charge in [-0.25, -0.2) is 5.01 Å². The van der Waals surface area contributed by atoms with Crippen LogP contribution < -0.4 is 11.6 Å². The van der Waals surface area contributed by atoms with Crippen LogP contribution in [0.15, 0.2) is 0 Å². The van der Waals surface area contributed by atoms with Gasteiger partial charge in [-0.1, -0.05) is 0 Å². The topological polar surface area (TPSA) is 55.3 Å². The molecule has 0 unspecified atom stereocenters. The number of hydrogen-bond acceptors (Lipinski definition) is 3. The van der Waals surface area contributed by atoms with Crippen LogP contribution in [0.25, 0.3) is 0 Å². The summed E-state index contributed by atoms with van der Waals surface area (Å²) in [6.45, 7) is 2.62. The van der Waals surface area contributed by atoms with Crippen molar-refractivity contribution in [3.05, 3.63) is 0 Å². The molecule has 0 saturated heterocycles. The van der Waals surface area contributed by atoms with Gasteiger partial charge in [0.2, 0.25) is 0 Å². The summed E-state index contributed by atoms with van der Waals surface area (Å²) in [6.07, 6.45) is 7.51. The summed E-state index contributed by atoms with van der Waals surface area (Å²) < 4.78 is 0. The second-order valence-corrected chi connectivity index (χ2v) is 6.38. The first kappa shape index (κ1) is 11.0. The van der Waals surface area contributed by atoms with Crippen molar-refractivity contribution in [2.24, 2.45) is 41.2 Å². The number of nitrogens with two attached hydrogens (primary N) is 2. The van der Waals surface area contributed by atoms with Crippen molar-refractivity contribution in [2.75, 3.05) is 19.6 Å². The zero-order valence-electron chi connectivity index (χ0n) is 10.1. The summed E-state index contributed by atoms with van der Waals surface area (Å²) in [7, 11) is 0. The first-order valence-electron chi connectivity index (χ1n) is 6.96. The van der Waals surface area contributed by atoms with Gasteiger partial charge in [0.15, 0.2) is 0 Å². The van der Waals surface area contributed by atoms with E-state index in [-0.39, 0.29) is 0 Å². The van der Waals surface area contributed by atoms with Gasteiger partial charge in [-0.2, -0.15) is 0 Å². The second-order valence-electron chi connectivity index (χ2n) is 6.38. The minimum absolute atomic E-state index is 0.684. The van der Waals surface area contributed by atoms with Gasteiger partial charge < -0.3 is 5.73 Å². The molecule has 92 valence electrons. The highest BCUT2D eigenvalue weighted by Crippen LogP contribution is 2.56. The van der Waals surface area contributed by atoms with Crippen LogP contribution in [0, 0.1) is 29.6 Å². The Labute approximate surface area is 98.5 Å². The molecule has 0 aromatic carbocycles. The Morgan fingerprint density at radius 1 is 0.938 bits per heavy atom. The highest BCUT2D eigenvalue weighted by atomic mass is 15.4. The lowest BCUT2D eigenvalue weighted by Crippen LogP contribution is -2.51. The predicted octanol–water partition coefficient (Wildman–Crippen LogP) is 1.19. The van der Waals surface area contributed by atoms with Gasteiger partial charge in [0.1, 0.15) is 0 Å². The maximum Gasteiger partial charge on any atom is 0.0251 e. The van der Waals surface area contributed by atoms with E-state index < -0.39 is 0 Å². The van der Waals surface area contributed by atoms with E-state index in [1.54, 1.807) is 0 Å². The molecule has 4 rings (SSSR count). The molecule has 0 radical (unpaired) electrons. The SMILES string of the molecule is NCCN(N)CC1C2CC3CC(C2)CC1C3. The van der Waals surface area contributed by atoms with Gasteiger partial charge in [-0.3, -0.25) is 5.84 Å². The van der Waals surface area contributed by atoms with Crippen LogP contribution in [0.2, 0.25) is 0 Å². The molecule has 16 heavy (non-hydrogen) atoms. The lowest BCUT2D eigenvalue weighted by atomic mass is 9.52.